The largest absolute Gasteiger partial charge is 0.416 e. The van der Waals surface area contributed by atoms with E-state index in [0.29, 0.717) is 17.0 Å². The van der Waals surface area contributed by atoms with Gasteiger partial charge in [0.2, 0.25) is 5.95 Å². The molecule has 0 aliphatic rings. The summed E-state index contributed by atoms with van der Waals surface area (Å²) < 4.78 is 38.2. The van der Waals surface area contributed by atoms with Crippen molar-refractivity contribution in [1.29, 1.82) is 0 Å². The van der Waals surface area contributed by atoms with Crippen LogP contribution in [0.25, 0.3) is 10.9 Å². The number of nitrogens with one attached hydrogen (secondary N) is 2. The lowest BCUT2D eigenvalue weighted by atomic mass is 10.1. The van der Waals surface area contributed by atoms with Crippen LogP contribution in [0.2, 0.25) is 0 Å². The number of hydrazine groups is 1. The second kappa shape index (κ2) is 6.90. The van der Waals surface area contributed by atoms with Gasteiger partial charge in [0.05, 0.1) is 11.1 Å². The highest BCUT2D eigenvalue weighted by Gasteiger charge is 2.31. The molecule has 27 heavy (non-hydrogen) atoms. The smallest absolute Gasteiger partial charge is 0.368 e. The quantitative estimate of drug-likeness (QED) is 0.596. The predicted molar refractivity (Wildman–Crippen MR) is 90.3 cm³/mol. The van der Waals surface area contributed by atoms with E-state index in [4.69, 9.17) is 5.73 Å². The summed E-state index contributed by atoms with van der Waals surface area (Å²) >= 11 is 0. The van der Waals surface area contributed by atoms with Crippen molar-refractivity contribution in [3.05, 3.63) is 65.4 Å². The van der Waals surface area contributed by atoms with Crippen molar-refractivity contribution in [3.63, 3.8) is 0 Å². The van der Waals surface area contributed by atoms with E-state index >= 15 is 0 Å². The summed E-state index contributed by atoms with van der Waals surface area (Å²) in [5.74, 6) is -1.84. The number of alkyl halides is 3. The lowest BCUT2D eigenvalue weighted by Crippen LogP contribution is -2.42. The number of fused-ring (bicyclic) bond motifs is 1. The van der Waals surface area contributed by atoms with E-state index in [1.54, 1.807) is 24.3 Å². The van der Waals surface area contributed by atoms with Crippen LogP contribution in [-0.4, -0.2) is 21.8 Å². The zero-order valence-corrected chi connectivity index (χ0v) is 13.5. The van der Waals surface area contributed by atoms with Crippen molar-refractivity contribution in [3.8, 4) is 0 Å². The van der Waals surface area contributed by atoms with E-state index in [-0.39, 0.29) is 17.2 Å². The molecule has 0 fully saturated rings. The van der Waals surface area contributed by atoms with Crippen molar-refractivity contribution in [2.75, 3.05) is 5.73 Å². The molecule has 1 aromatic heterocycles. The minimum absolute atomic E-state index is 0.0811. The monoisotopic (exact) mass is 375 g/mol. The van der Waals surface area contributed by atoms with Crippen LogP contribution in [0.3, 0.4) is 0 Å². The van der Waals surface area contributed by atoms with Crippen LogP contribution in [0, 0.1) is 0 Å². The lowest BCUT2D eigenvalue weighted by Gasteiger charge is -2.11. The van der Waals surface area contributed by atoms with Gasteiger partial charge >= 0.3 is 6.18 Å². The Hall–Kier alpha value is -3.69. The van der Waals surface area contributed by atoms with Crippen LogP contribution in [0.1, 0.15) is 26.4 Å². The van der Waals surface area contributed by atoms with Gasteiger partial charge in [-0.2, -0.15) is 13.2 Å². The Kier molecular flexibility index (Phi) is 4.63. The Bertz CT molecular complexity index is 1040. The summed E-state index contributed by atoms with van der Waals surface area (Å²) in [5.41, 5.74) is 8.84. The first-order valence-electron chi connectivity index (χ1n) is 7.56. The highest BCUT2D eigenvalue weighted by Crippen LogP contribution is 2.29. The summed E-state index contributed by atoms with van der Waals surface area (Å²) in [6.45, 7) is 0. The Morgan fingerprint density at radius 1 is 0.926 bits per heavy atom. The van der Waals surface area contributed by atoms with Gasteiger partial charge in [0.25, 0.3) is 11.8 Å². The second-order valence-corrected chi connectivity index (χ2v) is 5.43. The molecule has 0 aliphatic carbocycles. The number of carbonyl (C=O) groups excluding carboxylic acids is 2. The number of rotatable bonds is 2. The topological polar surface area (TPSA) is 110 Å². The van der Waals surface area contributed by atoms with E-state index in [1.807, 2.05) is 0 Å². The number of hydrogen-bond acceptors (Lipinski definition) is 5. The molecule has 0 atom stereocenters. The summed E-state index contributed by atoms with van der Waals surface area (Å²) in [5, 5.41) is 0.400. The molecule has 10 heteroatoms. The molecular formula is C17H12F3N5O2. The number of nitrogen functional groups attached to an aromatic ring is 1. The number of nitrogens with two attached hydrogens (primary N) is 1. The highest BCUT2D eigenvalue weighted by molar-refractivity contribution is 6.05. The van der Waals surface area contributed by atoms with E-state index in [0.717, 1.165) is 12.1 Å². The summed E-state index contributed by atoms with van der Waals surface area (Å²) in [7, 11) is 0. The number of halogens is 3. The Balaban J connectivity index is 1.78. The van der Waals surface area contributed by atoms with Gasteiger partial charge in [-0.15, -0.1) is 0 Å². The molecule has 7 nitrogen and oxygen atoms in total. The third-order valence-electron chi connectivity index (χ3n) is 3.58. The SMILES string of the molecule is Nc1nc(C(=O)NNC(=O)c2cccc(C(F)(F)F)c2)c2ccccc2n1. The number of anilines is 1. The van der Waals surface area contributed by atoms with Gasteiger partial charge in [-0.1, -0.05) is 24.3 Å². The van der Waals surface area contributed by atoms with Crippen LogP contribution < -0.4 is 16.6 Å². The van der Waals surface area contributed by atoms with E-state index in [1.165, 1.54) is 6.07 Å². The minimum Gasteiger partial charge on any atom is -0.368 e. The van der Waals surface area contributed by atoms with Crippen molar-refractivity contribution in [1.82, 2.24) is 20.8 Å². The highest BCUT2D eigenvalue weighted by atomic mass is 19.4. The molecule has 0 spiro atoms. The minimum atomic E-state index is -4.59. The van der Waals surface area contributed by atoms with Crippen molar-refractivity contribution in [2.45, 2.75) is 6.18 Å². The molecule has 0 unspecified atom stereocenters. The third-order valence-corrected chi connectivity index (χ3v) is 3.58. The maximum Gasteiger partial charge on any atom is 0.416 e. The van der Waals surface area contributed by atoms with Crippen molar-refractivity contribution < 1.29 is 22.8 Å². The zero-order valence-electron chi connectivity index (χ0n) is 13.5. The first-order chi connectivity index (χ1) is 12.8. The fourth-order valence-corrected chi connectivity index (χ4v) is 2.35. The number of hydrogen-bond donors (Lipinski definition) is 3. The standard InChI is InChI=1S/C17H12F3N5O2/c18-17(19,20)10-5-3-4-9(8-10)14(26)24-25-15(27)13-11-6-1-2-7-12(11)22-16(21)23-13/h1-8H,(H,24,26)(H,25,27)(H2,21,22,23). The van der Waals surface area contributed by atoms with Gasteiger partial charge in [-0.25, -0.2) is 9.97 Å². The lowest BCUT2D eigenvalue weighted by molar-refractivity contribution is -0.137. The predicted octanol–water partition coefficient (Wildman–Crippen LogP) is 2.31. The first-order valence-corrected chi connectivity index (χ1v) is 7.56. The zero-order chi connectivity index (χ0) is 19.6. The molecular weight excluding hydrogens is 363 g/mol. The molecule has 1 heterocycles. The third kappa shape index (κ3) is 3.94. The first kappa shape index (κ1) is 18.1. The van der Waals surface area contributed by atoms with Crippen LogP contribution in [0.5, 0.6) is 0 Å². The van der Waals surface area contributed by atoms with Crippen molar-refractivity contribution in [2.24, 2.45) is 0 Å². The van der Waals surface area contributed by atoms with Crippen LogP contribution in [-0.2, 0) is 6.18 Å². The average molecular weight is 375 g/mol. The summed E-state index contributed by atoms with van der Waals surface area (Å²) in [6.07, 6.45) is -4.59. The fourth-order valence-electron chi connectivity index (χ4n) is 2.35. The van der Waals surface area contributed by atoms with Gasteiger partial charge in [-0.05, 0) is 24.3 Å². The van der Waals surface area contributed by atoms with Crippen molar-refractivity contribution >= 4 is 28.7 Å². The fraction of sp³-hybridized carbons (Fsp3) is 0.0588. The van der Waals surface area contributed by atoms with Gasteiger partial charge < -0.3 is 5.73 Å². The number of benzene rings is 2. The molecule has 0 saturated carbocycles. The summed E-state index contributed by atoms with van der Waals surface area (Å²) in [4.78, 5) is 32.2. The van der Waals surface area contributed by atoms with E-state index in [9.17, 15) is 22.8 Å². The molecule has 0 aliphatic heterocycles. The van der Waals surface area contributed by atoms with E-state index in [2.05, 4.69) is 20.8 Å². The van der Waals surface area contributed by atoms with Gasteiger partial charge in [0, 0.05) is 10.9 Å². The van der Waals surface area contributed by atoms with E-state index < -0.39 is 23.6 Å². The molecule has 3 aromatic rings. The maximum absolute atomic E-state index is 12.7. The van der Waals surface area contributed by atoms with Crippen LogP contribution >= 0.6 is 0 Å². The molecule has 138 valence electrons. The van der Waals surface area contributed by atoms with Gasteiger partial charge in [-0.3, -0.25) is 20.4 Å². The van der Waals surface area contributed by atoms with Crippen LogP contribution in [0.15, 0.2) is 48.5 Å². The normalized spacial score (nSPS) is 11.2. The number of nitrogens with zero attached hydrogens (tertiary/aromatic N) is 2. The molecule has 2 aromatic carbocycles. The van der Waals surface area contributed by atoms with Gasteiger partial charge in [0.15, 0.2) is 0 Å². The average Bonchev–Trinajstić information content (AvgIpc) is 2.64. The molecule has 2 amide bonds. The number of carbonyl (C=O) groups is 2. The molecule has 0 bridgehead atoms. The number of amides is 2. The second-order valence-electron chi connectivity index (χ2n) is 5.43. The Morgan fingerprint density at radius 3 is 2.37 bits per heavy atom. The number of para-hydroxylation sites is 1. The van der Waals surface area contributed by atoms with Gasteiger partial charge in [0.1, 0.15) is 5.69 Å². The maximum atomic E-state index is 12.7. The molecule has 3 rings (SSSR count). The summed E-state index contributed by atoms with van der Waals surface area (Å²) in [6, 6.07) is 10.4. The van der Waals surface area contributed by atoms with Crippen LogP contribution in [0.4, 0.5) is 19.1 Å². The number of aromatic nitrogens is 2. The molecule has 0 saturated heterocycles. The molecule has 4 N–H and O–H groups in total. The molecule has 0 radical (unpaired) electrons. The Labute approximate surface area is 150 Å². The Morgan fingerprint density at radius 2 is 1.63 bits per heavy atom.